The average molecular weight is 303 g/mol. The van der Waals surface area contributed by atoms with Crippen molar-refractivity contribution in [1.82, 2.24) is 9.97 Å². The van der Waals surface area contributed by atoms with Gasteiger partial charge in [-0.1, -0.05) is 12.1 Å². The third-order valence-electron chi connectivity index (χ3n) is 2.81. The number of aromatic hydroxyl groups is 1. The number of H-pyrrole nitrogens is 2. The minimum atomic E-state index is -0.994. The van der Waals surface area contributed by atoms with E-state index in [-0.39, 0.29) is 12.2 Å². The molecule has 1 amide bonds. The Kier molecular flexibility index (Phi) is 4.21. The van der Waals surface area contributed by atoms with E-state index >= 15 is 0 Å². The SMILES string of the molecule is CC(=O)Cc1ccc(NC(=O)c2c(O)[nH]c(=O)[nH]c2=O)cc1. The second kappa shape index (κ2) is 6.08. The molecule has 114 valence electrons. The van der Waals surface area contributed by atoms with Gasteiger partial charge < -0.3 is 10.4 Å². The van der Waals surface area contributed by atoms with Crippen LogP contribution in [0.1, 0.15) is 22.8 Å². The molecule has 1 heterocycles. The van der Waals surface area contributed by atoms with Crippen molar-refractivity contribution in [1.29, 1.82) is 0 Å². The molecular formula is C14H13N3O5. The summed E-state index contributed by atoms with van der Waals surface area (Å²) in [6, 6.07) is 6.45. The lowest BCUT2D eigenvalue weighted by molar-refractivity contribution is -0.116. The van der Waals surface area contributed by atoms with Gasteiger partial charge in [-0.2, -0.15) is 0 Å². The zero-order valence-electron chi connectivity index (χ0n) is 11.6. The normalized spacial score (nSPS) is 10.2. The summed E-state index contributed by atoms with van der Waals surface area (Å²) in [6.45, 7) is 1.47. The second-order valence-electron chi connectivity index (χ2n) is 4.66. The lowest BCUT2D eigenvalue weighted by Gasteiger charge is -2.06. The van der Waals surface area contributed by atoms with Gasteiger partial charge in [-0.3, -0.25) is 24.4 Å². The number of anilines is 1. The third-order valence-corrected chi connectivity index (χ3v) is 2.81. The molecule has 0 aliphatic carbocycles. The number of rotatable bonds is 4. The van der Waals surface area contributed by atoms with Crippen LogP contribution < -0.4 is 16.6 Å². The van der Waals surface area contributed by atoms with E-state index in [2.05, 4.69) is 5.32 Å². The number of aromatic amines is 2. The van der Waals surface area contributed by atoms with E-state index in [4.69, 9.17) is 0 Å². The summed E-state index contributed by atoms with van der Waals surface area (Å²) in [5, 5.41) is 11.9. The molecule has 8 heteroatoms. The number of hydrogen-bond donors (Lipinski definition) is 4. The quantitative estimate of drug-likeness (QED) is 0.638. The fraction of sp³-hybridized carbons (Fsp3) is 0.143. The Morgan fingerprint density at radius 3 is 2.32 bits per heavy atom. The van der Waals surface area contributed by atoms with Crippen LogP contribution in [0.3, 0.4) is 0 Å². The lowest BCUT2D eigenvalue weighted by atomic mass is 10.1. The molecule has 22 heavy (non-hydrogen) atoms. The van der Waals surface area contributed by atoms with Gasteiger partial charge in [0.05, 0.1) is 0 Å². The van der Waals surface area contributed by atoms with E-state index < -0.39 is 28.6 Å². The first-order chi connectivity index (χ1) is 10.4. The molecule has 1 aromatic carbocycles. The fourth-order valence-corrected chi connectivity index (χ4v) is 1.87. The van der Waals surface area contributed by atoms with Gasteiger partial charge in [0, 0.05) is 12.1 Å². The number of carbonyl (C=O) groups is 2. The van der Waals surface area contributed by atoms with Crippen LogP contribution in [0, 0.1) is 0 Å². The minimum Gasteiger partial charge on any atom is -0.494 e. The van der Waals surface area contributed by atoms with Gasteiger partial charge in [0.15, 0.2) is 5.56 Å². The molecule has 0 spiro atoms. The van der Waals surface area contributed by atoms with Gasteiger partial charge in [-0.15, -0.1) is 0 Å². The van der Waals surface area contributed by atoms with Crippen LogP contribution >= 0.6 is 0 Å². The summed E-state index contributed by atoms with van der Waals surface area (Å²) in [5.74, 6) is -1.66. The minimum absolute atomic E-state index is 0.0153. The second-order valence-corrected chi connectivity index (χ2v) is 4.66. The van der Waals surface area contributed by atoms with Crippen LogP contribution in [-0.2, 0) is 11.2 Å². The number of amides is 1. The van der Waals surface area contributed by atoms with Gasteiger partial charge >= 0.3 is 5.69 Å². The molecule has 0 atom stereocenters. The zero-order chi connectivity index (χ0) is 16.3. The first-order valence-electron chi connectivity index (χ1n) is 6.32. The molecule has 0 bridgehead atoms. The van der Waals surface area contributed by atoms with E-state index in [1.807, 2.05) is 9.97 Å². The maximum Gasteiger partial charge on any atom is 0.328 e. The molecule has 0 aliphatic rings. The predicted octanol–water partition coefficient (Wildman–Crippen LogP) is 0.153. The molecule has 8 nitrogen and oxygen atoms in total. The summed E-state index contributed by atoms with van der Waals surface area (Å²) in [6.07, 6.45) is 0.286. The topological polar surface area (TPSA) is 132 Å². The Labute approximate surface area is 123 Å². The van der Waals surface area contributed by atoms with Crippen molar-refractivity contribution in [3.63, 3.8) is 0 Å². The first kappa shape index (κ1) is 15.2. The smallest absolute Gasteiger partial charge is 0.328 e. The van der Waals surface area contributed by atoms with Gasteiger partial charge in [0.2, 0.25) is 5.88 Å². The van der Waals surface area contributed by atoms with Crippen LogP contribution in [0.15, 0.2) is 33.9 Å². The van der Waals surface area contributed by atoms with Crippen molar-refractivity contribution in [2.45, 2.75) is 13.3 Å². The highest BCUT2D eigenvalue weighted by atomic mass is 16.3. The highest BCUT2D eigenvalue weighted by Gasteiger charge is 2.17. The Morgan fingerprint density at radius 2 is 1.77 bits per heavy atom. The van der Waals surface area contributed by atoms with Crippen molar-refractivity contribution >= 4 is 17.4 Å². The number of Topliss-reactive ketones (excluding diaryl/α,β-unsaturated/α-hetero) is 1. The third kappa shape index (κ3) is 3.48. The van der Waals surface area contributed by atoms with Crippen molar-refractivity contribution in [2.24, 2.45) is 0 Å². The van der Waals surface area contributed by atoms with E-state index in [0.29, 0.717) is 5.69 Å². The Bertz CT molecular complexity index is 833. The summed E-state index contributed by atoms with van der Waals surface area (Å²) < 4.78 is 0. The van der Waals surface area contributed by atoms with Gasteiger partial charge in [-0.05, 0) is 24.6 Å². The molecule has 0 radical (unpaired) electrons. The van der Waals surface area contributed by atoms with Gasteiger partial charge in [0.1, 0.15) is 5.78 Å². The molecule has 0 unspecified atom stereocenters. The van der Waals surface area contributed by atoms with Crippen molar-refractivity contribution in [3.8, 4) is 5.88 Å². The largest absolute Gasteiger partial charge is 0.494 e. The number of benzene rings is 1. The average Bonchev–Trinajstić information content (AvgIpc) is 2.39. The van der Waals surface area contributed by atoms with E-state index in [9.17, 15) is 24.3 Å². The van der Waals surface area contributed by atoms with E-state index in [1.54, 1.807) is 24.3 Å². The lowest BCUT2D eigenvalue weighted by Crippen LogP contribution is -2.30. The highest BCUT2D eigenvalue weighted by molar-refractivity contribution is 6.05. The standard InChI is InChI=1S/C14H13N3O5/c1-7(18)6-8-2-4-9(5-3-8)15-11(19)10-12(20)16-14(22)17-13(10)21/h2-5H,6H2,1H3,(H,15,19)(H3,16,17,20,21,22). The van der Waals surface area contributed by atoms with Crippen LogP contribution in [0.4, 0.5) is 5.69 Å². The number of carbonyl (C=O) groups excluding carboxylic acids is 2. The van der Waals surface area contributed by atoms with Crippen LogP contribution in [0.5, 0.6) is 5.88 Å². The zero-order valence-corrected chi connectivity index (χ0v) is 11.6. The van der Waals surface area contributed by atoms with E-state index in [0.717, 1.165) is 5.56 Å². The maximum absolute atomic E-state index is 12.0. The van der Waals surface area contributed by atoms with Crippen LogP contribution in [0.25, 0.3) is 0 Å². The fourth-order valence-electron chi connectivity index (χ4n) is 1.87. The number of aromatic nitrogens is 2. The Hall–Kier alpha value is -3.16. The molecule has 0 aliphatic heterocycles. The van der Waals surface area contributed by atoms with Crippen molar-refractivity contribution in [2.75, 3.05) is 5.32 Å². The molecular weight excluding hydrogens is 290 g/mol. The molecule has 4 N–H and O–H groups in total. The number of hydrogen-bond acceptors (Lipinski definition) is 5. The molecule has 2 aromatic rings. The first-order valence-corrected chi connectivity index (χ1v) is 6.32. The number of nitrogens with one attached hydrogen (secondary N) is 3. The van der Waals surface area contributed by atoms with Crippen LogP contribution in [0.2, 0.25) is 0 Å². The molecule has 0 fully saturated rings. The summed E-state index contributed by atoms with van der Waals surface area (Å²) in [7, 11) is 0. The highest BCUT2D eigenvalue weighted by Crippen LogP contribution is 2.13. The molecule has 1 aromatic heterocycles. The summed E-state index contributed by atoms with van der Waals surface area (Å²) >= 11 is 0. The Morgan fingerprint density at radius 1 is 1.14 bits per heavy atom. The monoisotopic (exact) mass is 303 g/mol. The molecule has 0 saturated heterocycles. The molecule has 0 saturated carbocycles. The van der Waals surface area contributed by atoms with Gasteiger partial charge in [0.25, 0.3) is 11.5 Å². The number of ketones is 1. The van der Waals surface area contributed by atoms with Crippen molar-refractivity contribution < 1.29 is 14.7 Å². The maximum atomic E-state index is 12.0. The summed E-state index contributed by atoms with van der Waals surface area (Å²) in [5.41, 5.74) is -1.33. The van der Waals surface area contributed by atoms with Crippen molar-refractivity contribution in [3.05, 3.63) is 56.2 Å². The summed E-state index contributed by atoms with van der Waals surface area (Å²) in [4.78, 5) is 49.2. The van der Waals surface area contributed by atoms with Crippen LogP contribution in [-0.4, -0.2) is 26.8 Å². The van der Waals surface area contributed by atoms with E-state index in [1.165, 1.54) is 6.92 Å². The predicted molar refractivity (Wildman–Crippen MR) is 78.1 cm³/mol. The molecule has 2 rings (SSSR count). The van der Waals surface area contributed by atoms with Gasteiger partial charge in [-0.25, -0.2) is 4.79 Å². The Balaban J connectivity index is 2.21.